The highest BCUT2D eigenvalue weighted by atomic mass is 32.2. The van der Waals surface area contributed by atoms with Crippen LogP contribution in [-0.2, 0) is 9.53 Å². The van der Waals surface area contributed by atoms with Crippen LogP contribution in [0, 0.1) is 0 Å². The van der Waals surface area contributed by atoms with Gasteiger partial charge in [0.15, 0.2) is 0 Å². The van der Waals surface area contributed by atoms with Crippen LogP contribution in [-0.4, -0.2) is 18.3 Å². The fourth-order valence-electron chi connectivity index (χ4n) is 0.990. The third-order valence-electron chi connectivity index (χ3n) is 1.74. The minimum atomic E-state index is -0.273. The number of ether oxygens (including phenoxy) is 1. The van der Waals surface area contributed by atoms with E-state index in [-0.39, 0.29) is 5.97 Å². The zero-order valence-corrected chi connectivity index (χ0v) is 8.89. The van der Waals surface area contributed by atoms with Crippen molar-refractivity contribution >= 4 is 17.7 Å². The molecule has 1 heterocycles. The fraction of sp³-hybridized carbons (Fsp3) is 0.364. The van der Waals surface area contributed by atoms with Gasteiger partial charge in [0.2, 0.25) is 0 Å². The summed E-state index contributed by atoms with van der Waals surface area (Å²) in [7, 11) is 0. The molecule has 0 unspecified atom stereocenters. The quantitative estimate of drug-likeness (QED) is 0.302. The van der Waals surface area contributed by atoms with Crippen LogP contribution in [0.2, 0.25) is 0 Å². The summed E-state index contributed by atoms with van der Waals surface area (Å²) in [5, 5.41) is 2.08. The molecule has 0 N–H and O–H groups in total. The molecule has 1 aliphatic rings. The summed E-state index contributed by atoms with van der Waals surface area (Å²) >= 11 is 1.78. The SMILES string of the molecule is C=CCCOC(=O)/C=C/C1=CSCC1. The molecule has 0 aromatic heterocycles. The molecule has 14 heavy (non-hydrogen) atoms. The molecule has 0 spiro atoms. The van der Waals surface area contributed by atoms with Crippen LogP contribution < -0.4 is 0 Å². The molecule has 0 saturated carbocycles. The number of carbonyl (C=O) groups excluding carboxylic acids is 1. The lowest BCUT2D eigenvalue weighted by Crippen LogP contribution is -2.01. The van der Waals surface area contributed by atoms with Gasteiger partial charge in [-0.1, -0.05) is 12.2 Å². The maximum absolute atomic E-state index is 11.1. The molecule has 0 aromatic rings. The second-order valence-electron chi connectivity index (χ2n) is 2.89. The van der Waals surface area contributed by atoms with Crippen LogP contribution in [0.3, 0.4) is 0 Å². The minimum absolute atomic E-state index is 0.273. The molecule has 0 bridgehead atoms. The summed E-state index contributed by atoms with van der Waals surface area (Å²) in [4.78, 5) is 11.1. The lowest BCUT2D eigenvalue weighted by atomic mass is 10.2. The molecule has 0 radical (unpaired) electrons. The molecular weight excluding hydrogens is 196 g/mol. The van der Waals surface area contributed by atoms with E-state index >= 15 is 0 Å². The summed E-state index contributed by atoms with van der Waals surface area (Å²) in [6.07, 6.45) is 6.80. The topological polar surface area (TPSA) is 26.3 Å². The Hall–Kier alpha value is -0.960. The molecule has 0 atom stereocenters. The Balaban J connectivity index is 2.21. The molecule has 0 amide bonds. The molecule has 0 aliphatic carbocycles. The average Bonchev–Trinajstić information content (AvgIpc) is 2.68. The van der Waals surface area contributed by atoms with Crippen molar-refractivity contribution in [1.82, 2.24) is 0 Å². The average molecular weight is 210 g/mol. The van der Waals surface area contributed by atoms with Crippen LogP contribution in [0.1, 0.15) is 12.8 Å². The van der Waals surface area contributed by atoms with Gasteiger partial charge < -0.3 is 4.74 Å². The number of hydrogen-bond donors (Lipinski definition) is 0. The molecule has 1 rings (SSSR count). The van der Waals surface area contributed by atoms with Crippen molar-refractivity contribution in [2.24, 2.45) is 0 Å². The fourth-order valence-corrected chi connectivity index (χ4v) is 1.87. The van der Waals surface area contributed by atoms with Crippen molar-refractivity contribution in [3.8, 4) is 0 Å². The number of allylic oxidation sites excluding steroid dienone is 2. The zero-order chi connectivity index (χ0) is 10.2. The van der Waals surface area contributed by atoms with E-state index in [2.05, 4.69) is 12.0 Å². The molecule has 0 fully saturated rings. The number of hydrogen-bond acceptors (Lipinski definition) is 3. The first-order valence-electron chi connectivity index (χ1n) is 4.59. The smallest absolute Gasteiger partial charge is 0.330 e. The first-order chi connectivity index (χ1) is 6.83. The maximum Gasteiger partial charge on any atom is 0.330 e. The second-order valence-corrected chi connectivity index (χ2v) is 3.87. The van der Waals surface area contributed by atoms with Crippen molar-refractivity contribution in [3.05, 3.63) is 35.8 Å². The summed E-state index contributed by atoms with van der Waals surface area (Å²) < 4.78 is 4.91. The highest BCUT2D eigenvalue weighted by molar-refractivity contribution is 8.02. The van der Waals surface area contributed by atoms with Gasteiger partial charge in [-0.25, -0.2) is 4.79 Å². The van der Waals surface area contributed by atoms with Gasteiger partial charge in [0.25, 0.3) is 0 Å². The van der Waals surface area contributed by atoms with Gasteiger partial charge in [0.05, 0.1) is 6.61 Å². The Morgan fingerprint density at radius 2 is 2.57 bits per heavy atom. The highest BCUT2D eigenvalue weighted by Crippen LogP contribution is 2.22. The van der Waals surface area contributed by atoms with Gasteiger partial charge in [0, 0.05) is 11.8 Å². The third kappa shape index (κ3) is 4.33. The molecule has 0 aromatic carbocycles. The first-order valence-corrected chi connectivity index (χ1v) is 5.64. The van der Waals surface area contributed by atoms with Crippen LogP contribution in [0.5, 0.6) is 0 Å². The minimum Gasteiger partial charge on any atom is -0.462 e. The predicted octanol–water partition coefficient (Wildman–Crippen LogP) is 2.68. The summed E-state index contributed by atoms with van der Waals surface area (Å²) in [5.74, 6) is 0.843. The standard InChI is InChI=1S/C11H14O2S/c1-2-3-7-13-11(12)5-4-10-6-8-14-9-10/h2,4-5,9H,1,3,6-8H2/b5-4+. The summed E-state index contributed by atoms with van der Waals surface area (Å²) in [5.41, 5.74) is 1.20. The Labute approximate surface area is 88.7 Å². The van der Waals surface area contributed by atoms with E-state index in [1.165, 1.54) is 11.6 Å². The van der Waals surface area contributed by atoms with Crippen molar-refractivity contribution in [2.45, 2.75) is 12.8 Å². The van der Waals surface area contributed by atoms with E-state index in [4.69, 9.17) is 4.74 Å². The highest BCUT2D eigenvalue weighted by Gasteiger charge is 2.02. The van der Waals surface area contributed by atoms with Crippen LogP contribution in [0.15, 0.2) is 35.8 Å². The second kappa shape index (κ2) is 6.49. The molecule has 3 heteroatoms. The van der Waals surface area contributed by atoms with Crippen molar-refractivity contribution in [2.75, 3.05) is 12.4 Å². The van der Waals surface area contributed by atoms with Gasteiger partial charge in [-0.2, -0.15) is 0 Å². The molecule has 0 saturated heterocycles. The van der Waals surface area contributed by atoms with Crippen LogP contribution in [0.25, 0.3) is 0 Å². The normalized spacial score (nSPS) is 15.6. The lowest BCUT2D eigenvalue weighted by Gasteiger charge is -1.97. The summed E-state index contributed by atoms with van der Waals surface area (Å²) in [6, 6.07) is 0. The molecular formula is C11H14O2S. The largest absolute Gasteiger partial charge is 0.462 e. The van der Waals surface area contributed by atoms with Crippen LogP contribution >= 0.6 is 11.8 Å². The van der Waals surface area contributed by atoms with E-state index in [0.717, 1.165) is 12.2 Å². The lowest BCUT2D eigenvalue weighted by molar-refractivity contribution is -0.137. The number of esters is 1. The van der Waals surface area contributed by atoms with Crippen molar-refractivity contribution in [1.29, 1.82) is 0 Å². The van der Waals surface area contributed by atoms with E-state index < -0.39 is 0 Å². The van der Waals surface area contributed by atoms with E-state index in [9.17, 15) is 4.79 Å². The Bertz CT molecular complexity index is 266. The molecule has 76 valence electrons. The predicted molar refractivity (Wildman–Crippen MR) is 60.1 cm³/mol. The van der Waals surface area contributed by atoms with E-state index in [0.29, 0.717) is 13.0 Å². The maximum atomic E-state index is 11.1. The first kappa shape index (κ1) is 11.1. The Morgan fingerprint density at radius 3 is 3.21 bits per heavy atom. The van der Waals surface area contributed by atoms with E-state index in [1.54, 1.807) is 17.8 Å². The molecule has 2 nitrogen and oxygen atoms in total. The Kier molecular flexibility index (Phi) is 5.15. The number of rotatable bonds is 5. The van der Waals surface area contributed by atoms with Crippen molar-refractivity contribution < 1.29 is 9.53 Å². The molecule has 1 aliphatic heterocycles. The zero-order valence-electron chi connectivity index (χ0n) is 8.07. The number of carbonyl (C=O) groups is 1. The van der Waals surface area contributed by atoms with Crippen molar-refractivity contribution in [3.63, 3.8) is 0 Å². The van der Waals surface area contributed by atoms with Gasteiger partial charge in [-0.05, 0) is 23.8 Å². The number of thioether (sulfide) groups is 1. The van der Waals surface area contributed by atoms with Gasteiger partial charge >= 0.3 is 5.97 Å². The van der Waals surface area contributed by atoms with Gasteiger partial charge in [-0.15, -0.1) is 18.3 Å². The van der Waals surface area contributed by atoms with Gasteiger partial charge in [-0.3, -0.25) is 0 Å². The van der Waals surface area contributed by atoms with Crippen LogP contribution in [0.4, 0.5) is 0 Å². The Morgan fingerprint density at radius 1 is 1.71 bits per heavy atom. The summed E-state index contributed by atoms with van der Waals surface area (Å²) in [6.45, 7) is 3.96. The monoisotopic (exact) mass is 210 g/mol. The van der Waals surface area contributed by atoms with E-state index in [1.807, 2.05) is 6.08 Å². The van der Waals surface area contributed by atoms with Gasteiger partial charge in [0.1, 0.15) is 0 Å². The third-order valence-corrected chi connectivity index (χ3v) is 2.65.